The van der Waals surface area contributed by atoms with E-state index in [0.29, 0.717) is 17.6 Å². The third kappa shape index (κ3) is 6.13. The zero-order chi connectivity index (χ0) is 29.6. The Morgan fingerprint density at radius 3 is 2.42 bits per heavy atom. The molecule has 5 fully saturated rings. The quantitative estimate of drug-likeness (QED) is 0.272. The van der Waals surface area contributed by atoms with Crippen molar-refractivity contribution in [1.29, 1.82) is 0 Å². The van der Waals surface area contributed by atoms with Crippen LogP contribution in [0.25, 0.3) is 5.57 Å². The molecule has 4 saturated carbocycles. The fourth-order valence-electron chi connectivity index (χ4n) is 9.37. The SMILES string of the molecule is CC12CCC(NC(=O)C3CCN(NOC4CC4)CC3)CC1=CCC1[C@@H]2CCC2(C)C(c3cccnc3)=CC[C@@H]12.CC1CC1. The van der Waals surface area contributed by atoms with Crippen LogP contribution in [-0.2, 0) is 9.63 Å². The molecule has 0 radical (unpaired) electrons. The van der Waals surface area contributed by atoms with Gasteiger partial charge >= 0.3 is 0 Å². The summed E-state index contributed by atoms with van der Waals surface area (Å²) in [7, 11) is 0. The molecule has 6 nitrogen and oxygen atoms in total. The first-order chi connectivity index (χ1) is 20.8. The summed E-state index contributed by atoms with van der Waals surface area (Å²) >= 11 is 0. The lowest BCUT2D eigenvalue weighted by Gasteiger charge is -2.58. The van der Waals surface area contributed by atoms with Crippen molar-refractivity contribution in [3.05, 3.63) is 47.8 Å². The van der Waals surface area contributed by atoms with Crippen LogP contribution in [0.3, 0.4) is 0 Å². The number of amides is 1. The van der Waals surface area contributed by atoms with Crippen LogP contribution in [0.2, 0.25) is 0 Å². The topological polar surface area (TPSA) is 66.5 Å². The van der Waals surface area contributed by atoms with Crippen LogP contribution >= 0.6 is 0 Å². The number of carbonyl (C=O) groups is 1. The molecule has 1 aliphatic heterocycles. The van der Waals surface area contributed by atoms with Crippen molar-refractivity contribution in [1.82, 2.24) is 20.9 Å². The number of carbonyl (C=O) groups excluding carboxylic acids is 1. The third-order valence-corrected chi connectivity index (χ3v) is 12.6. The maximum Gasteiger partial charge on any atom is 0.223 e. The molecule has 2 N–H and O–H groups in total. The van der Waals surface area contributed by atoms with Crippen molar-refractivity contribution >= 4 is 11.5 Å². The summed E-state index contributed by atoms with van der Waals surface area (Å²) in [6.45, 7) is 9.13. The summed E-state index contributed by atoms with van der Waals surface area (Å²) in [5.41, 5.74) is 8.16. The number of allylic oxidation sites excluding steroid dienone is 3. The first-order valence-electron chi connectivity index (χ1n) is 17.6. The van der Waals surface area contributed by atoms with Crippen molar-refractivity contribution in [3.63, 3.8) is 0 Å². The number of aromatic nitrogens is 1. The van der Waals surface area contributed by atoms with Crippen LogP contribution in [0, 0.1) is 40.4 Å². The molecule has 234 valence electrons. The number of piperidine rings is 1. The standard InChI is InChI=1S/C33H46N4O2.C4H8/c1-32-15-11-25(35-31(38)22-13-18-37(19-14-22)36-39-26-6-7-26)20-24(32)5-8-27-29-10-9-28(23-4-3-17-34-21-23)33(29,2)16-12-30(27)32;1-4-2-3-4/h3-5,9,17,21-22,25-27,29-30,36H,6-8,10-16,18-20H2,1-2H3,(H,35,38);4H,2-3H2,1H3/t25?,27?,29-,30-,32?,33?;/m0./s1. The van der Waals surface area contributed by atoms with E-state index in [9.17, 15) is 4.79 Å². The van der Waals surface area contributed by atoms with Crippen molar-refractivity contribution in [2.75, 3.05) is 13.1 Å². The Labute approximate surface area is 259 Å². The molecule has 1 amide bonds. The Morgan fingerprint density at radius 1 is 0.953 bits per heavy atom. The number of pyridine rings is 1. The van der Waals surface area contributed by atoms with E-state index in [0.717, 1.165) is 75.3 Å². The molecule has 2 heterocycles. The van der Waals surface area contributed by atoms with E-state index in [1.165, 1.54) is 50.5 Å². The van der Waals surface area contributed by atoms with Gasteiger partial charge in [-0.25, -0.2) is 5.01 Å². The Hall–Kier alpha value is -2.02. The number of hydrogen-bond donors (Lipinski definition) is 2. The van der Waals surface area contributed by atoms with Crippen LogP contribution in [-0.4, -0.2) is 41.1 Å². The number of hydrazine groups is 1. The summed E-state index contributed by atoms with van der Waals surface area (Å²) < 4.78 is 0. The van der Waals surface area contributed by atoms with Gasteiger partial charge in [0.15, 0.2) is 0 Å². The molecule has 1 aromatic rings. The van der Waals surface area contributed by atoms with Gasteiger partial charge in [-0.3, -0.25) is 14.6 Å². The second-order valence-corrected chi connectivity index (χ2v) is 15.6. The zero-order valence-electron chi connectivity index (χ0n) is 26.8. The minimum atomic E-state index is 0.127. The normalized spacial score (nSPS) is 37.6. The molecule has 43 heavy (non-hydrogen) atoms. The van der Waals surface area contributed by atoms with Gasteiger partial charge in [0.25, 0.3) is 0 Å². The molecule has 1 saturated heterocycles. The van der Waals surface area contributed by atoms with Crippen molar-refractivity contribution in [2.24, 2.45) is 40.4 Å². The second-order valence-electron chi connectivity index (χ2n) is 15.6. The predicted molar refractivity (Wildman–Crippen MR) is 171 cm³/mol. The Bertz CT molecular complexity index is 1210. The maximum atomic E-state index is 13.2. The number of hydrogen-bond acceptors (Lipinski definition) is 5. The van der Waals surface area contributed by atoms with Crippen LogP contribution in [0.5, 0.6) is 0 Å². The Kier molecular flexibility index (Phi) is 8.32. The Balaban J connectivity index is 0.000000695. The highest BCUT2D eigenvalue weighted by Crippen LogP contribution is 2.66. The van der Waals surface area contributed by atoms with Gasteiger partial charge < -0.3 is 5.32 Å². The van der Waals surface area contributed by atoms with Crippen molar-refractivity contribution < 1.29 is 9.63 Å². The van der Waals surface area contributed by atoms with Crippen molar-refractivity contribution in [2.45, 2.75) is 116 Å². The first kappa shape index (κ1) is 29.7. The smallest absolute Gasteiger partial charge is 0.223 e. The highest BCUT2D eigenvalue weighted by Gasteiger charge is 2.57. The van der Waals surface area contributed by atoms with Gasteiger partial charge in [-0.05, 0) is 122 Å². The van der Waals surface area contributed by atoms with Crippen LogP contribution in [0.1, 0.15) is 110 Å². The number of rotatable bonds is 6. The van der Waals surface area contributed by atoms with Crippen LogP contribution in [0.4, 0.5) is 0 Å². The largest absolute Gasteiger partial charge is 0.353 e. The fraction of sp³-hybridized carbons (Fsp3) is 0.730. The average molecular weight is 587 g/mol. The molecular formula is C37H54N4O2. The summed E-state index contributed by atoms with van der Waals surface area (Å²) in [6, 6.07) is 4.62. The fourth-order valence-corrected chi connectivity index (χ4v) is 9.37. The lowest BCUT2D eigenvalue weighted by molar-refractivity contribution is -0.132. The minimum absolute atomic E-state index is 0.127. The van der Waals surface area contributed by atoms with Crippen molar-refractivity contribution in [3.8, 4) is 0 Å². The predicted octanol–water partition coefficient (Wildman–Crippen LogP) is 7.25. The van der Waals surface area contributed by atoms with E-state index in [2.05, 4.69) is 72.2 Å². The van der Waals surface area contributed by atoms with Gasteiger partial charge in [-0.15, -0.1) is 5.59 Å². The highest BCUT2D eigenvalue weighted by atomic mass is 16.7. The van der Waals surface area contributed by atoms with Gasteiger partial charge in [0.2, 0.25) is 5.91 Å². The number of nitrogens with one attached hydrogen (secondary N) is 2. The molecule has 8 rings (SSSR count). The summed E-state index contributed by atoms with van der Waals surface area (Å²) in [5.74, 6) is 3.74. The molecular weight excluding hydrogens is 532 g/mol. The van der Waals surface area contributed by atoms with E-state index >= 15 is 0 Å². The van der Waals surface area contributed by atoms with Gasteiger partial charge in [0.05, 0.1) is 6.10 Å². The Morgan fingerprint density at radius 2 is 1.72 bits per heavy atom. The molecule has 6 heteroatoms. The molecule has 1 aromatic heterocycles. The monoisotopic (exact) mass is 586 g/mol. The summed E-state index contributed by atoms with van der Waals surface area (Å²) in [6.07, 6.45) is 25.0. The van der Waals surface area contributed by atoms with Gasteiger partial charge in [0, 0.05) is 37.4 Å². The van der Waals surface area contributed by atoms with Gasteiger partial charge in [0.1, 0.15) is 0 Å². The average Bonchev–Trinajstić information content (AvgIpc) is 3.96. The van der Waals surface area contributed by atoms with Crippen LogP contribution in [0.15, 0.2) is 42.3 Å². The van der Waals surface area contributed by atoms with E-state index in [-0.39, 0.29) is 17.2 Å². The van der Waals surface area contributed by atoms with E-state index in [4.69, 9.17) is 4.84 Å². The lowest BCUT2D eigenvalue weighted by atomic mass is 9.47. The molecule has 0 aromatic carbocycles. The van der Waals surface area contributed by atoms with Gasteiger partial charge in [-0.2, -0.15) is 0 Å². The summed E-state index contributed by atoms with van der Waals surface area (Å²) in [5, 5.41) is 5.62. The molecule has 6 atom stereocenters. The molecule has 6 aliphatic carbocycles. The first-order valence-corrected chi connectivity index (χ1v) is 17.6. The molecule has 0 spiro atoms. The summed E-state index contributed by atoms with van der Waals surface area (Å²) in [4.78, 5) is 23.3. The van der Waals surface area contributed by atoms with Gasteiger partial charge in [-0.1, -0.05) is 57.4 Å². The molecule has 4 unspecified atom stereocenters. The minimum Gasteiger partial charge on any atom is -0.353 e. The zero-order valence-corrected chi connectivity index (χ0v) is 26.8. The number of fused-ring (bicyclic) bond motifs is 5. The van der Waals surface area contributed by atoms with E-state index in [1.54, 1.807) is 11.1 Å². The second kappa shape index (κ2) is 12.1. The number of nitrogens with zero attached hydrogens (tertiary/aromatic N) is 2. The molecule has 7 aliphatic rings. The van der Waals surface area contributed by atoms with E-state index < -0.39 is 0 Å². The van der Waals surface area contributed by atoms with Crippen LogP contribution < -0.4 is 10.9 Å². The lowest BCUT2D eigenvalue weighted by Crippen LogP contribution is -2.52. The maximum absolute atomic E-state index is 13.2. The molecule has 0 bridgehead atoms. The third-order valence-electron chi connectivity index (χ3n) is 12.6. The highest BCUT2D eigenvalue weighted by molar-refractivity contribution is 5.79. The van der Waals surface area contributed by atoms with E-state index in [1.807, 2.05) is 6.20 Å².